The van der Waals surface area contributed by atoms with Crippen LogP contribution in [0.25, 0.3) is 10.4 Å². The van der Waals surface area contributed by atoms with E-state index in [1.54, 1.807) is 6.07 Å². The number of thiophene rings is 1. The minimum absolute atomic E-state index is 0.380. The number of rotatable bonds is 3. The van der Waals surface area contributed by atoms with E-state index < -0.39 is 16.1 Å². The molecule has 25 heavy (non-hydrogen) atoms. The fraction of sp³-hybridized carbons (Fsp3) is 0.353. The predicted molar refractivity (Wildman–Crippen MR) is 95.9 cm³/mol. The maximum atomic E-state index is 12.5. The maximum Gasteiger partial charge on any atom is 0.304 e. The van der Waals surface area contributed by atoms with Gasteiger partial charge in [0.25, 0.3) is 5.91 Å². The number of carbonyl (C=O) groups is 1. The zero-order valence-corrected chi connectivity index (χ0v) is 15.2. The third-order valence-corrected chi connectivity index (χ3v) is 7.12. The van der Waals surface area contributed by atoms with E-state index in [-0.39, 0.29) is 0 Å². The van der Waals surface area contributed by atoms with Crippen LogP contribution in [0.3, 0.4) is 0 Å². The lowest BCUT2D eigenvalue weighted by Gasteiger charge is -2.25. The molecule has 1 aromatic carbocycles. The molecule has 2 aliphatic rings. The predicted octanol–water partition coefficient (Wildman–Crippen LogP) is 2.77. The number of piperidine rings is 1. The summed E-state index contributed by atoms with van der Waals surface area (Å²) in [7, 11) is -3.78. The van der Waals surface area contributed by atoms with Crippen LogP contribution in [0.1, 0.15) is 34.5 Å². The molecule has 1 fully saturated rings. The second-order valence-corrected chi connectivity index (χ2v) is 8.87. The molecule has 6 nitrogen and oxygen atoms in total. The number of benzene rings is 1. The summed E-state index contributed by atoms with van der Waals surface area (Å²) >= 11 is 1.30. The van der Waals surface area contributed by atoms with Gasteiger partial charge in [0.1, 0.15) is 12.4 Å². The molecule has 2 aromatic rings. The molecule has 0 atom stereocenters. The molecule has 0 unspecified atom stereocenters. The number of hydrogen-bond donors (Lipinski definition) is 1. The summed E-state index contributed by atoms with van der Waals surface area (Å²) in [5.41, 5.74) is 1.84. The highest BCUT2D eigenvalue weighted by Gasteiger charge is 2.28. The summed E-state index contributed by atoms with van der Waals surface area (Å²) in [4.78, 5) is 13.8. The van der Waals surface area contributed by atoms with E-state index in [9.17, 15) is 13.2 Å². The van der Waals surface area contributed by atoms with Gasteiger partial charge in [-0.2, -0.15) is 12.7 Å². The van der Waals surface area contributed by atoms with Crippen molar-refractivity contribution in [2.75, 3.05) is 13.1 Å². The van der Waals surface area contributed by atoms with Crippen molar-refractivity contribution in [1.29, 1.82) is 0 Å². The topological polar surface area (TPSA) is 75.7 Å². The lowest BCUT2D eigenvalue weighted by atomic mass is 10.1. The molecule has 4 rings (SSSR count). The number of amides is 1. The Morgan fingerprint density at radius 3 is 2.72 bits per heavy atom. The molecule has 0 bridgehead atoms. The average molecular weight is 378 g/mol. The van der Waals surface area contributed by atoms with Crippen LogP contribution in [0.4, 0.5) is 0 Å². The number of ether oxygens (including phenoxy) is 1. The molecular formula is C17H18N2O4S2. The van der Waals surface area contributed by atoms with Crippen molar-refractivity contribution >= 4 is 27.5 Å². The summed E-state index contributed by atoms with van der Waals surface area (Å²) in [5.74, 6) is 0.201. The summed E-state index contributed by atoms with van der Waals surface area (Å²) in [6, 6.07) is 9.36. The fourth-order valence-corrected chi connectivity index (χ4v) is 5.52. The van der Waals surface area contributed by atoms with Gasteiger partial charge in [0.05, 0.1) is 4.88 Å². The SMILES string of the molecule is O=C(NS(=O)(=O)N1CCCCC1)c1cc2c(s1)-c1ccccc1OC2. The molecule has 1 N–H and O–H groups in total. The van der Waals surface area contributed by atoms with E-state index >= 15 is 0 Å². The van der Waals surface area contributed by atoms with Gasteiger partial charge in [-0.25, -0.2) is 4.72 Å². The third kappa shape index (κ3) is 3.17. The van der Waals surface area contributed by atoms with Crippen LogP contribution in [0.5, 0.6) is 5.75 Å². The number of hydrogen-bond acceptors (Lipinski definition) is 5. The second-order valence-electron chi connectivity index (χ2n) is 6.15. The van der Waals surface area contributed by atoms with Gasteiger partial charge in [-0.05, 0) is 31.0 Å². The molecule has 3 heterocycles. The highest BCUT2D eigenvalue weighted by Crippen LogP contribution is 2.42. The molecule has 2 aliphatic heterocycles. The maximum absolute atomic E-state index is 12.5. The molecule has 1 amide bonds. The largest absolute Gasteiger partial charge is 0.488 e. The number of para-hydroxylation sites is 1. The van der Waals surface area contributed by atoms with E-state index in [2.05, 4.69) is 4.72 Å². The Bertz CT molecular complexity index is 914. The number of nitrogens with one attached hydrogen (secondary N) is 1. The Morgan fingerprint density at radius 2 is 1.92 bits per heavy atom. The lowest BCUT2D eigenvalue weighted by Crippen LogP contribution is -2.45. The van der Waals surface area contributed by atoms with E-state index in [0.717, 1.165) is 41.0 Å². The summed E-state index contributed by atoms with van der Waals surface area (Å²) in [6.45, 7) is 1.31. The Labute approximate surface area is 150 Å². The Hall–Kier alpha value is -1.90. The second kappa shape index (κ2) is 6.44. The van der Waals surface area contributed by atoms with Gasteiger partial charge in [-0.15, -0.1) is 11.3 Å². The van der Waals surface area contributed by atoms with Crippen molar-refractivity contribution in [1.82, 2.24) is 9.03 Å². The van der Waals surface area contributed by atoms with Gasteiger partial charge < -0.3 is 4.74 Å². The van der Waals surface area contributed by atoms with Crippen molar-refractivity contribution in [3.05, 3.63) is 40.8 Å². The van der Waals surface area contributed by atoms with Crippen LogP contribution >= 0.6 is 11.3 Å². The van der Waals surface area contributed by atoms with E-state index in [4.69, 9.17) is 4.74 Å². The zero-order valence-electron chi connectivity index (χ0n) is 13.5. The van der Waals surface area contributed by atoms with Gasteiger partial charge in [0.15, 0.2) is 0 Å². The first kappa shape index (κ1) is 16.6. The van der Waals surface area contributed by atoms with E-state index in [0.29, 0.717) is 24.6 Å². The van der Waals surface area contributed by atoms with Gasteiger partial charge >= 0.3 is 10.2 Å². The Kier molecular flexibility index (Phi) is 4.26. The average Bonchev–Trinajstić information content (AvgIpc) is 3.07. The van der Waals surface area contributed by atoms with Crippen LogP contribution in [0, 0.1) is 0 Å². The van der Waals surface area contributed by atoms with Crippen LogP contribution in [-0.2, 0) is 16.8 Å². The molecule has 1 saturated heterocycles. The molecule has 0 radical (unpaired) electrons. The van der Waals surface area contributed by atoms with Gasteiger partial charge in [0, 0.05) is 29.1 Å². The number of nitrogens with zero attached hydrogens (tertiary/aromatic N) is 1. The molecule has 0 aliphatic carbocycles. The van der Waals surface area contributed by atoms with Gasteiger partial charge in [0.2, 0.25) is 0 Å². The van der Waals surface area contributed by atoms with Crippen molar-refractivity contribution in [3.8, 4) is 16.2 Å². The quantitative estimate of drug-likeness (QED) is 0.891. The highest BCUT2D eigenvalue weighted by molar-refractivity contribution is 7.87. The minimum atomic E-state index is -3.78. The van der Waals surface area contributed by atoms with Crippen molar-refractivity contribution < 1.29 is 17.9 Å². The lowest BCUT2D eigenvalue weighted by molar-refractivity contribution is 0.0982. The summed E-state index contributed by atoms with van der Waals surface area (Å²) in [6.07, 6.45) is 2.68. The smallest absolute Gasteiger partial charge is 0.304 e. The molecule has 1 aromatic heterocycles. The first-order chi connectivity index (χ1) is 12.0. The summed E-state index contributed by atoms with van der Waals surface area (Å²) < 4.78 is 34.0. The molecular weight excluding hydrogens is 360 g/mol. The van der Waals surface area contributed by atoms with Gasteiger partial charge in [-0.1, -0.05) is 18.6 Å². The monoisotopic (exact) mass is 378 g/mol. The van der Waals surface area contributed by atoms with Crippen molar-refractivity contribution in [2.45, 2.75) is 25.9 Å². The fourth-order valence-electron chi connectivity index (χ4n) is 3.15. The normalized spacial score (nSPS) is 17.3. The van der Waals surface area contributed by atoms with Crippen LogP contribution in [0.2, 0.25) is 0 Å². The molecule has 0 spiro atoms. The van der Waals surface area contributed by atoms with Crippen molar-refractivity contribution in [2.24, 2.45) is 0 Å². The Balaban J connectivity index is 1.57. The molecule has 8 heteroatoms. The first-order valence-electron chi connectivity index (χ1n) is 8.22. The minimum Gasteiger partial charge on any atom is -0.488 e. The molecule has 0 saturated carbocycles. The summed E-state index contributed by atoms with van der Waals surface area (Å²) in [5, 5.41) is 0. The van der Waals surface area contributed by atoms with Crippen LogP contribution < -0.4 is 9.46 Å². The van der Waals surface area contributed by atoms with Crippen LogP contribution in [0.15, 0.2) is 30.3 Å². The third-order valence-electron chi connectivity index (χ3n) is 4.42. The molecule has 132 valence electrons. The van der Waals surface area contributed by atoms with E-state index in [1.807, 2.05) is 24.3 Å². The van der Waals surface area contributed by atoms with Crippen LogP contribution in [-0.4, -0.2) is 31.7 Å². The number of fused-ring (bicyclic) bond motifs is 3. The van der Waals surface area contributed by atoms with Gasteiger partial charge in [-0.3, -0.25) is 4.79 Å². The first-order valence-corrected chi connectivity index (χ1v) is 10.5. The number of carbonyl (C=O) groups excluding carboxylic acids is 1. The highest BCUT2D eigenvalue weighted by atomic mass is 32.2. The Morgan fingerprint density at radius 1 is 1.16 bits per heavy atom. The standard InChI is InChI=1S/C17H18N2O4S2/c20-17(18-25(21,22)19-8-4-1-5-9-19)15-10-12-11-23-14-7-3-2-6-13(14)16(12)24-15/h2-3,6-7,10H,1,4-5,8-9,11H2,(H,18,20). The zero-order chi connectivity index (χ0) is 17.4. The van der Waals surface area contributed by atoms with E-state index in [1.165, 1.54) is 15.6 Å². The van der Waals surface area contributed by atoms with Crippen molar-refractivity contribution in [3.63, 3.8) is 0 Å².